The summed E-state index contributed by atoms with van der Waals surface area (Å²) in [7, 11) is 0. The van der Waals surface area contributed by atoms with Crippen molar-refractivity contribution in [2.45, 2.75) is 6.92 Å². The zero-order valence-electron chi connectivity index (χ0n) is 13.8. The maximum Gasteiger partial charge on any atom is 0.253 e. The van der Waals surface area contributed by atoms with E-state index in [0.29, 0.717) is 0 Å². The molecule has 1 aliphatic heterocycles. The highest BCUT2D eigenvalue weighted by Crippen LogP contribution is 2.30. The summed E-state index contributed by atoms with van der Waals surface area (Å²) in [6.07, 6.45) is 3.59. The number of aromatic nitrogens is 1. The van der Waals surface area contributed by atoms with Crippen molar-refractivity contribution >= 4 is 16.8 Å². The fourth-order valence-corrected chi connectivity index (χ4v) is 3.34. The number of nitrogens with zero attached hydrogens (tertiary/aromatic N) is 2. The van der Waals surface area contributed by atoms with Crippen LogP contribution in [-0.4, -0.2) is 53.4 Å². The van der Waals surface area contributed by atoms with E-state index in [9.17, 15) is 4.79 Å². The second-order valence-corrected chi connectivity index (χ2v) is 6.17. The second kappa shape index (κ2) is 6.17. The van der Waals surface area contributed by atoms with Crippen LogP contribution in [0.15, 0.2) is 47.2 Å². The lowest BCUT2D eigenvalue weighted by Gasteiger charge is -2.34. The summed E-state index contributed by atoms with van der Waals surface area (Å²) in [6, 6.07) is 9.65. The molecule has 1 fully saturated rings. The minimum atomic E-state index is 0.110. The highest BCUT2D eigenvalue weighted by molar-refractivity contribution is 6.02. The third kappa shape index (κ3) is 2.61. The smallest absolute Gasteiger partial charge is 0.253 e. The zero-order valence-corrected chi connectivity index (χ0v) is 13.8. The van der Waals surface area contributed by atoms with Crippen molar-refractivity contribution in [1.29, 1.82) is 0 Å². The second-order valence-electron chi connectivity index (χ2n) is 6.17. The molecule has 1 aromatic carbocycles. The molecule has 24 heavy (non-hydrogen) atoms. The number of benzene rings is 1. The molecular weight excluding hydrogens is 302 g/mol. The number of fused-ring (bicyclic) bond motifs is 1. The monoisotopic (exact) mass is 323 g/mol. The molecule has 1 aliphatic rings. The van der Waals surface area contributed by atoms with Gasteiger partial charge in [-0.1, -0.05) is 6.92 Å². The molecular formula is C19H21N3O2. The van der Waals surface area contributed by atoms with Gasteiger partial charge in [-0.3, -0.25) is 4.79 Å². The maximum absolute atomic E-state index is 12.8. The number of carbonyl (C=O) groups excluding carboxylic acids is 1. The fraction of sp³-hybridized carbons (Fsp3) is 0.316. The summed E-state index contributed by atoms with van der Waals surface area (Å²) in [4.78, 5) is 20.4. The number of H-pyrrole nitrogens is 1. The summed E-state index contributed by atoms with van der Waals surface area (Å²) in [6.45, 7) is 6.70. The molecule has 4 rings (SSSR count). The van der Waals surface area contributed by atoms with E-state index in [0.717, 1.165) is 60.5 Å². The summed E-state index contributed by atoms with van der Waals surface area (Å²) >= 11 is 0. The molecule has 1 saturated heterocycles. The lowest BCUT2D eigenvalue weighted by Crippen LogP contribution is -2.48. The van der Waals surface area contributed by atoms with Gasteiger partial charge >= 0.3 is 0 Å². The van der Waals surface area contributed by atoms with Crippen LogP contribution in [0.5, 0.6) is 0 Å². The number of rotatable bonds is 3. The number of carbonyl (C=O) groups is 1. The molecule has 3 aromatic rings. The highest BCUT2D eigenvalue weighted by atomic mass is 16.3. The first-order valence-corrected chi connectivity index (χ1v) is 8.43. The Morgan fingerprint density at radius 3 is 2.75 bits per heavy atom. The molecule has 0 radical (unpaired) electrons. The van der Waals surface area contributed by atoms with Crippen molar-refractivity contribution in [3.63, 3.8) is 0 Å². The largest absolute Gasteiger partial charge is 0.464 e. The van der Waals surface area contributed by atoms with Crippen LogP contribution in [0, 0.1) is 0 Å². The molecule has 5 nitrogen and oxygen atoms in total. The molecule has 0 atom stereocenters. The van der Waals surface area contributed by atoms with Gasteiger partial charge in [0.25, 0.3) is 5.91 Å². The summed E-state index contributed by atoms with van der Waals surface area (Å²) in [5.41, 5.74) is 2.73. The van der Waals surface area contributed by atoms with Crippen molar-refractivity contribution in [2.75, 3.05) is 32.7 Å². The van der Waals surface area contributed by atoms with Gasteiger partial charge in [-0.15, -0.1) is 0 Å². The number of piperazine rings is 1. The molecule has 3 heterocycles. The van der Waals surface area contributed by atoms with Gasteiger partial charge in [-0.25, -0.2) is 0 Å². The van der Waals surface area contributed by atoms with Gasteiger partial charge in [-0.2, -0.15) is 0 Å². The summed E-state index contributed by atoms with van der Waals surface area (Å²) in [5.74, 6) is 0.918. The van der Waals surface area contributed by atoms with E-state index in [-0.39, 0.29) is 5.91 Å². The quantitative estimate of drug-likeness (QED) is 0.805. The van der Waals surface area contributed by atoms with E-state index < -0.39 is 0 Å². The van der Waals surface area contributed by atoms with Gasteiger partial charge in [-0.05, 0) is 36.9 Å². The summed E-state index contributed by atoms with van der Waals surface area (Å²) in [5, 5.41) is 1.02. The van der Waals surface area contributed by atoms with Gasteiger partial charge in [0.15, 0.2) is 0 Å². The van der Waals surface area contributed by atoms with Crippen LogP contribution in [0.2, 0.25) is 0 Å². The van der Waals surface area contributed by atoms with Crippen LogP contribution < -0.4 is 0 Å². The van der Waals surface area contributed by atoms with Gasteiger partial charge < -0.3 is 19.2 Å². The first kappa shape index (κ1) is 15.0. The average Bonchev–Trinajstić information content (AvgIpc) is 3.29. The maximum atomic E-state index is 12.8. The number of amides is 1. The molecule has 0 aliphatic carbocycles. The van der Waals surface area contributed by atoms with E-state index in [2.05, 4.69) is 16.8 Å². The zero-order chi connectivity index (χ0) is 16.5. The lowest BCUT2D eigenvalue weighted by atomic mass is 10.1. The van der Waals surface area contributed by atoms with Crippen molar-refractivity contribution < 1.29 is 9.21 Å². The van der Waals surface area contributed by atoms with Crippen LogP contribution >= 0.6 is 0 Å². The normalized spacial score (nSPS) is 16.0. The molecule has 1 amide bonds. The SMILES string of the molecule is CCN1CCN(C(=O)c2ccc3[nH]cc(-c4ccco4)c3c2)CC1. The molecule has 0 spiro atoms. The molecule has 0 unspecified atom stereocenters. The van der Waals surface area contributed by atoms with Crippen LogP contribution in [0.4, 0.5) is 0 Å². The van der Waals surface area contributed by atoms with E-state index in [4.69, 9.17) is 4.42 Å². The first-order chi connectivity index (χ1) is 11.8. The standard InChI is InChI=1S/C19H21N3O2/c1-2-21-7-9-22(10-8-21)19(23)14-5-6-17-15(12-14)16(13-20-17)18-4-3-11-24-18/h3-6,11-13,20H,2,7-10H2,1H3. The Morgan fingerprint density at radius 2 is 2.04 bits per heavy atom. The van der Waals surface area contributed by atoms with Crippen LogP contribution in [-0.2, 0) is 0 Å². The van der Waals surface area contributed by atoms with Gasteiger partial charge in [0.05, 0.1) is 6.26 Å². The first-order valence-electron chi connectivity index (χ1n) is 8.43. The molecule has 1 N–H and O–H groups in total. The molecule has 2 aromatic heterocycles. The predicted octanol–water partition coefficient (Wildman–Crippen LogP) is 3.21. The number of likely N-dealkylation sites (N-methyl/N-ethyl adjacent to an activating group) is 1. The Labute approximate surface area is 140 Å². The lowest BCUT2D eigenvalue weighted by molar-refractivity contribution is 0.0643. The number of hydrogen-bond acceptors (Lipinski definition) is 3. The third-order valence-electron chi connectivity index (χ3n) is 4.82. The Hall–Kier alpha value is -2.53. The third-order valence-corrected chi connectivity index (χ3v) is 4.82. The van der Waals surface area contributed by atoms with E-state index in [1.54, 1.807) is 6.26 Å². The number of aromatic amines is 1. The topological polar surface area (TPSA) is 52.5 Å². The van der Waals surface area contributed by atoms with Crippen molar-refractivity contribution in [1.82, 2.24) is 14.8 Å². The van der Waals surface area contributed by atoms with Crippen molar-refractivity contribution in [3.8, 4) is 11.3 Å². The summed E-state index contributed by atoms with van der Waals surface area (Å²) < 4.78 is 5.51. The average molecular weight is 323 g/mol. The number of hydrogen-bond donors (Lipinski definition) is 1. The van der Waals surface area contributed by atoms with Gasteiger partial charge in [0, 0.05) is 54.4 Å². The van der Waals surface area contributed by atoms with Gasteiger partial charge in [0.2, 0.25) is 0 Å². The molecule has 5 heteroatoms. The Morgan fingerprint density at radius 1 is 1.21 bits per heavy atom. The molecule has 0 saturated carbocycles. The Kier molecular flexibility index (Phi) is 3.86. The van der Waals surface area contributed by atoms with Crippen LogP contribution in [0.25, 0.3) is 22.2 Å². The molecule has 0 bridgehead atoms. The minimum Gasteiger partial charge on any atom is -0.464 e. The van der Waals surface area contributed by atoms with Crippen molar-refractivity contribution in [2.24, 2.45) is 0 Å². The number of nitrogens with one attached hydrogen (secondary N) is 1. The predicted molar refractivity (Wildman–Crippen MR) is 94.0 cm³/mol. The minimum absolute atomic E-state index is 0.110. The van der Waals surface area contributed by atoms with Crippen LogP contribution in [0.1, 0.15) is 17.3 Å². The van der Waals surface area contributed by atoms with Gasteiger partial charge in [0.1, 0.15) is 5.76 Å². The Bertz CT molecular complexity index is 843. The van der Waals surface area contributed by atoms with Crippen LogP contribution in [0.3, 0.4) is 0 Å². The number of furan rings is 1. The van der Waals surface area contributed by atoms with E-state index in [1.807, 2.05) is 41.4 Å². The highest BCUT2D eigenvalue weighted by Gasteiger charge is 2.22. The van der Waals surface area contributed by atoms with E-state index >= 15 is 0 Å². The molecule has 124 valence electrons. The Balaban J connectivity index is 1.63. The fourth-order valence-electron chi connectivity index (χ4n) is 3.34. The van der Waals surface area contributed by atoms with Crippen molar-refractivity contribution in [3.05, 3.63) is 48.4 Å². The van der Waals surface area contributed by atoms with E-state index in [1.165, 1.54) is 0 Å².